The zero-order valence-electron chi connectivity index (χ0n) is 18.0. The van der Waals surface area contributed by atoms with Gasteiger partial charge in [0.25, 0.3) is 11.8 Å². The summed E-state index contributed by atoms with van der Waals surface area (Å²) < 4.78 is 19.1. The van der Waals surface area contributed by atoms with Gasteiger partial charge in [0.05, 0.1) is 21.3 Å². The van der Waals surface area contributed by atoms with E-state index in [0.717, 1.165) is 5.69 Å². The second-order valence-corrected chi connectivity index (χ2v) is 8.63. The molecule has 3 aromatic carbocycles. The summed E-state index contributed by atoms with van der Waals surface area (Å²) >= 11 is 7.59. The van der Waals surface area contributed by atoms with Crippen molar-refractivity contribution in [3.63, 3.8) is 0 Å². The third-order valence-electron chi connectivity index (χ3n) is 4.74. The summed E-state index contributed by atoms with van der Waals surface area (Å²) in [6.07, 6.45) is 1.72. The van der Waals surface area contributed by atoms with Crippen molar-refractivity contribution in [1.82, 2.24) is 4.90 Å². The Kier molecular flexibility index (Phi) is 7.30. The highest BCUT2D eigenvalue weighted by molar-refractivity contribution is 8.18. The topological polar surface area (TPSA) is 71.0 Å². The van der Waals surface area contributed by atoms with Crippen molar-refractivity contribution in [1.29, 1.82) is 0 Å². The number of thioether (sulfide) groups is 1. The van der Waals surface area contributed by atoms with Crippen LogP contribution in [0.3, 0.4) is 0 Å². The third kappa shape index (κ3) is 5.65. The number of carbonyl (C=O) groups excluding carboxylic acids is 2. The zero-order valence-corrected chi connectivity index (χ0v) is 19.6. The molecule has 0 unspecified atom stereocenters. The van der Waals surface area contributed by atoms with Crippen LogP contribution in [0.4, 0.5) is 15.8 Å². The maximum Gasteiger partial charge on any atom is 0.266 e. The molecular formula is C25H19ClFN3O3S. The van der Waals surface area contributed by atoms with Crippen LogP contribution in [-0.4, -0.2) is 35.5 Å². The third-order valence-corrected chi connectivity index (χ3v) is 6.10. The number of likely N-dealkylation sites (N-methyl/N-ethyl adjacent to an activating group) is 1. The predicted molar refractivity (Wildman–Crippen MR) is 134 cm³/mol. The van der Waals surface area contributed by atoms with Crippen LogP contribution in [-0.2, 0) is 9.59 Å². The number of benzene rings is 3. The average Bonchev–Trinajstić information content (AvgIpc) is 3.08. The zero-order chi connectivity index (χ0) is 24.1. The Morgan fingerprint density at radius 3 is 2.62 bits per heavy atom. The van der Waals surface area contributed by atoms with Gasteiger partial charge in [-0.2, -0.15) is 0 Å². The minimum absolute atomic E-state index is 0.0723. The Morgan fingerprint density at radius 1 is 1.15 bits per heavy atom. The number of anilines is 1. The number of amides is 2. The lowest BCUT2D eigenvalue weighted by molar-refractivity contribution is -0.121. The number of rotatable bonds is 6. The van der Waals surface area contributed by atoms with E-state index in [2.05, 4.69) is 10.3 Å². The number of ether oxygens (including phenoxy) is 1. The molecule has 1 aliphatic heterocycles. The Balaban J connectivity index is 1.42. The molecule has 1 saturated heterocycles. The van der Waals surface area contributed by atoms with Crippen molar-refractivity contribution in [2.45, 2.75) is 0 Å². The van der Waals surface area contributed by atoms with Crippen LogP contribution in [0.5, 0.6) is 5.75 Å². The monoisotopic (exact) mass is 495 g/mol. The molecule has 0 atom stereocenters. The average molecular weight is 496 g/mol. The maximum absolute atomic E-state index is 13.7. The fourth-order valence-corrected chi connectivity index (χ4v) is 4.26. The van der Waals surface area contributed by atoms with E-state index in [-0.39, 0.29) is 23.2 Å². The van der Waals surface area contributed by atoms with Gasteiger partial charge in [0.2, 0.25) is 0 Å². The molecular weight excluding hydrogens is 477 g/mol. The van der Waals surface area contributed by atoms with Gasteiger partial charge in [-0.05, 0) is 59.8 Å². The maximum atomic E-state index is 13.7. The molecule has 1 heterocycles. The molecule has 0 aromatic heterocycles. The molecule has 0 bridgehead atoms. The first-order chi connectivity index (χ1) is 16.4. The molecule has 0 saturated carbocycles. The molecule has 2 amide bonds. The minimum atomic E-state index is -0.534. The van der Waals surface area contributed by atoms with Crippen molar-refractivity contribution < 1.29 is 18.7 Å². The van der Waals surface area contributed by atoms with E-state index in [1.165, 1.54) is 34.9 Å². The van der Waals surface area contributed by atoms with E-state index in [1.807, 2.05) is 30.3 Å². The van der Waals surface area contributed by atoms with Crippen LogP contribution in [0.15, 0.2) is 82.7 Å². The van der Waals surface area contributed by atoms with Crippen LogP contribution in [0.1, 0.15) is 5.56 Å². The van der Waals surface area contributed by atoms with E-state index in [9.17, 15) is 14.0 Å². The van der Waals surface area contributed by atoms with Gasteiger partial charge in [-0.1, -0.05) is 48.0 Å². The molecule has 9 heteroatoms. The highest BCUT2D eigenvalue weighted by Crippen LogP contribution is 2.34. The second-order valence-electron chi connectivity index (χ2n) is 7.21. The van der Waals surface area contributed by atoms with Gasteiger partial charge in [-0.25, -0.2) is 9.38 Å². The molecule has 3 aromatic rings. The van der Waals surface area contributed by atoms with Crippen LogP contribution in [0.2, 0.25) is 5.02 Å². The van der Waals surface area contributed by atoms with Gasteiger partial charge in [0.15, 0.2) is 11.8 Å². The Morgan fingerprint density at radius 2 is 1.88 bits per heavy atom. The summed E-state index contributed by atoms with van der Waals surface area (Å²) in [6.45, 7) is -0.340. The number of halogens is 2. The lowest BCUT2D eigenvalue weighted by Gasteiger charge is -2.10. The normalized spacial score (nSPS) is 15.7. The minimum Gasteiger partial charge on any atom is -0.482 e. The van der Waals surface area contributed by atoms with Crippen molar-refractivity contribution in [3.8, 4) is 5.75 Å². The molecule has 172 valence electrons. The molecule has 0 radical (unpaired) electrons. The summed E-state index contributed by atoms with van der Waals surface area (Å²) in [5, 5.41) is 3.29. The summed E-state index contributed by atoms with van der Waals surface area (Å²) in [5.74, 6) is -0.927. The highest BCUT2D eigenvalue weighted by atomic mass is 35.5. The summed E-state index contributed by atoms with van der Waals surface area (Å²) in [5.41, 5.74) is 1.52. The number of hydrogen-bond donors (Lipinski definition) is 1. The Bertz CT molecular complexity index is 1300. The number of hydrogen-bond acceptors (Lipinski definition) is 5. The van der Waals surface area contributed by atoms with E-state index in [4.69, 9.17) is 16.3 Å². The molecule has 4 rings (SSSR count). The van der Waals surface area contributed by atoms with Crippen LogP contribution >= 0.6 is 23.4 Å². The fraction of sp³-hybridized carbons (Fsp3) is 0.0800. The second kappa shape index (κ2) is 10.5. The summed E-state index contributed by atoms with van der Waals surface area (Å²) in [4.78, 5) is 31.2. The van der Waals surface area contributed by atoms with Crippen molar-refractivity contribution >= 4 is 57.8 Å². The van der Waals surface area contributed by atoms with E-state index in [0.29, 0.717) is 21.4 Å². The molecule has 0 spiro atoms. The number of nitrogens with zero attached hydrogens (tertiary/aromatic N) is 2. The fourth-order valence-electron chi connectivity index (χ4n) is 3.03. The standard InChI is InChI=1S/C25H19ClFN3O3S/c1-30-24(32)22(34-25(30)28-17-7-3-2-4-8-17)14-16-11-12-21(18(26)13-16)33-15-23(31)29-20-10-6-5-9-19(20)27/h2-14H,15H2,1H3,(H,29,31)/b22-14-,28-25?. The van der Waals surface area contributed by atoms with Gasteiger partial charge in [-0.15, -0.1) is 0 Å². The van der Waals surface area contributed by atoms with Crippen molar-refractivity contribution in [3.05, 3.63) is 94.1 Å². The first kappa shape index (κ1) is 23.5. The number of carbonyl (C=O) groups is 2. The molecule has 6 nitrogen and oxygen atoms in total. The number of para-hydroxylation sites is 2. The largest absolute Gasteiger partial charge is 0.482 e. The van der Waals surface area contributed by atoms with Crippen LogP contribution in [0, 0.1) is 5.82 Å². The van der Waals surface area contributed by atoms with Crippen molar-refractivity contribution in [2.24, 2.45) is 4.99 Å². The quantitative estimate of drug-likeness (QED) is 0.443. The Labute approximate surface area is 205 Å². The molecule has 1 N–H and O–H groups in total. The molecule has 1 fully saturated rings. The van der Waals surface area contributed by atoms with Gasteiger partial charge < -0.3 is 10.1 Å². The van der Waals surface area contributed by atoms with Crippen molar-refractivity contribution in [2.75, 3.05) is 19.0 Å². The van der Waals surface area contributed by atoms with Gasteiger partial charge in [0.1, 0.15) is 11.6 Å². The first-order valence-corrected chi connectivity index (χ1v) is 11.4. The number of nitrogens with one attached hydrogen (secondary N) is 1. The van der Waals surface area contributed by atoms with Gasteiger partial charge in [-0.3, -0.25) is 14.5 Å². The molecule has 1 aliphatic rings. The first-order valence-electron chi connectivity index (χ1n) is 10.2. The van der Waals surface area contributed by atoms with Crippen LogP contribution in [0.25, 0.3) is 6.08 Å². The smallest absolute Gasteiger partial charge is 0.266 e. The van der Waals surface area contributed by atoms with Gasteiger partial charge >= 0.3 is 0 Å². The number of aliphatic imine (C=N–C) groups is 1. The Hall–Kier alpha value is -3.62. The van der Waals surface area contributed by atoms with E-state index < -0.39 is 11.7 Å². The highest BCUT2D eigenvalue weighted by Gasteiger charge is 2.30. The summed E-state index contributed by atoms with van der Waals surface area (Å²) in [6, 6.07) is 20.2. The van der Waals surface area contributed by atoms with E-state index in [1.54, 1.807) is 37.4 Å². The molecule has 34 heavy (non-hydrogen) atoms. The van der Waals surface area contributed by atoms with Crippen LogP contribution < -0.4 is 10.1 Å². The lowest BCUT2D eigenvalue weighted by atomic mass is 10.2. The van der Waals surface area contributed by atoms with E-state index >= 15 is 0 Å². The number of amidine groups is 1. The summed E-state index contributed by atoms with van der Waals surface area (Å²) in [7, 11) is 1.67. The molecule has 0 aliphatic carbocycles. The SMILES string of the molecule is CN1C(=O)/C(=C/c2ccc(OCC(=O)Nc3ccccc3F)c(Cl)c2)SC1=Nc1ccccc1. The lowest BCUT2D eigenvalue weighted by Crippen LogP contribution is -2.23. The predicted octanol–water partition coefficient (Wildman–Crippen LogP) is 5.73. The van der Waals surface area contributed by atoms with Gasteiger partial charge in [0, 0.05) is 7.05 Å².